The summed E-state index contributed by atoms with van der Waals surface area (Å²) in [5, 5.41) is 0. The Hall–Kier alpha value is -1.26. The molecule has 0 saturated heterocycles. The molecule has 0 bridgehead atoms. The Morgan fingerprint density at radius 2 is 1.35 bits per heavy atom. The maximum atomic E-state index is 14.2. The van der Waals surface area contributed by atoms with Crippen LogP contribution in [0.15, 0.2) is 18.2 Å². The molecule has 4 rings (SSSR count). The second-order valence-corrected chi connectivity index (χ2v) is 12.6. The van der Waals surface area contributed by atoms with Gasteiger partial charge in [0.2, 0.25) is 0 Å². The Bertz CT molecular complexity index is 813. The van der Waals surface area contributed by atoms with Crippen molar-refractivity contribution in [3.8, 4) is 5.75 Å². The van der Waals surface area contributed by atoms with E-state index in [1.165, 1.54) is 102 Å². The van der Waals surface area contributed by atoms with Crippen molar-refractivity contribution in [1.29, 1.82) is 0 Å². The third kappa shape index (κ3) is 8.88. The van der Waals surface area contributed by atoms with Crippen LogP contribution in [0.2, 0.25) is 0 Å². The standard InChI is InChI=1S/C32H48F4O/c1-2-3-4-5-6-7-23-8-10-24(11-9-23)12-13-25-14-15-27-21-28(17-16-26(27)20-25)29-18-19-31(30(33)22-29)37-32(34,35)36/h18-19,22-28H,2-17,20-21H2,1H3. The predicted molar refractivity (Wildman–Crippen MR) is 142 cm³/mol. The van der Waals surface area contributed by atoms with Crippen LogP contribution in [0.5, 0.6) is 5.75 Å². The van der Waals surface area contributed by atoms with E-state index in [1.807, 2.05) is 0 Å². The van der Waals surface area contributed by atoms with Gasteiger partial charge in [0, 0.05) is 0 Å². The molecular formula is C32H48F4O. The van der Waals surface area contributed by atoms with Crippen LogP contribution in [0, 0.1) is 35.4 Å². The average Bonchev–Trinajstić information content (AvgIpc) is 2.88. The zero-order chi connectivity index (χ0) is 26.3. The minimum Gasteiger partial charge on any atom is -0.403 e. The molecule has 0 aromatic heterocycles. The molecule has 4 atom stereocenters. The van der Waals surface area contributed by atoms with Gasteiger partial charge in [0.15, 0.2) is 11.6 Å². The Balaban J connectivity index is 1.15. The Kier molecular flexibility index (Phi) is 10.6. The highest BCUT2D eigenvalue weighted by Gasteiger charge is 2.37. The molecule has 3 saturated carbocycles. The van der Waals surface area contributed by atoms with Gasteiger partial charge in [0.25, 0.3) is 0 Å². The van der Waals surface area contributed by atoms with Crippen LogP contribution < -0.4 is 4.74 Å². The van der Waals surface area contributed by atoms with Crippen LogP contribution >= 0.6 is 0 Å². The van der Waals surface area contributed by atoms with Crippen LogP contribution in [0.1, 0.15) is 134 Å². The Morgan fingerprint density at radius 3 is 2.05 bits per heavy atom. The topological polar surface area (TPSA) is 9.23 Å². The number of halogens is 4. The first-order chi connectivity index (χ1) is 17.8. The zero-order valence-electron chi connectivity index (χ0n) is 22.8. The Morgan fingerprint density at radius 1 is 0.730 bits per heavy atom. The smallest absolute Gasteiger partial charge is 0.403 e. The summed E-state index contributed by atoms with van der Waals surface area (Å²) in [5.41, 5.74) is 0.823. The van der Waals surface area contributed by atoms with Gasteiger partial charge in [-0.05, 0) is 85.3 Å². The SMILES string of the molecule is CCCCCCCC1CCC(CCC2CCC3CC(c4ccc(OC(F)(F)F)c(F)c4)CCC3C2)CC1. The van der Waals surface area contributed by atoms with Crippen LogP contribution in [-0.4, -0.2) is 6.36 Å². The van der Waals surface area contributed by atoms with E-state index in [1.54, 1.807) is 6.07 Å². The average molecular weight is 525 g/mol. The van der Waals surface area contributed by atoms with Crippen molar-refractivity contribution < 1.29 is 22.3 Å². The third-order valence-electron chi connectivity index (χ3n) is 10.0. The highest BCUT2D eigenvalue weighted by atomic mass is 19.4. The van der Waals surface area contributed by atoms with E-state index >= 15 is 0 Å². The Labute approximate surface area is 222 Å². The normalized spacial score (nSPS) is 30.6. The number of fused-ring (bicyclic) bond motifs is 1. The number of hydrogen-bond donors (Lipinski definition) is 0. The summed E-state index contributed by atoms with van der Waals surface area (Å²) in [5.74, 6) is 2.85. The molecule has 0 radical (unpaired) electrons. The summed E-state index contributed by atoms with van der Waals surface area (Å²) in [7, 11) is 0. The molecule has 210 valence electrons. The van der Waals surface area contributed by atoms with Crippen molar-refractivity contribution in [2.75, 3.05) is 0 Å². The maximum absolute atomic E-state index is 14.2. The monoisotopic (exact) mass is 524 g/mol. The molecule has 0 N–H and O–H groups in total. The summed E-state index contributed by atoms with van der Waals surface area (Å²) in [6, 6.07) is 4.03. The third-order valence-corrected chi connectivity index (χ3v) is 10.0. The van der Waals surface area contributed by atoms with Crippen molar-refractivity contribution in [1.82, 2.24) is 0 Å². The minimum atomic E-state index is -4.87. The lowest BCUT2D eigenvalue weighted by molar-refractivity contribution is -0.275. The fourth-order valence-electron chi connectivity index (χ4n) is 7.85. The van der Waals surface area contributed by atoms with E-state index in [2.05, 4.69) is 11.7 Å². The molecule has 0 amide bonds. The van der Waals surface area contributed by atoms with Gasteiger partial charge < -0.3 is 4.74 Å². The lowest BCUT2D eigenvalue weighted by atomic mass is 9.63. The molecular weight excluding hydrogens is 476 g/mol. The van der Waals surface area contributed by atoms with Crippen molar-refractivity contribution >= 4 is 0 Å². The van der Waals surface area contributed by atoms with Gasteiger partial charge in [0.05, 0.1) is 0 Å². The highest BCUT2D eigenvalue weighted by Crippen LogP contribution is 2.49. The molecule has 37 heavy (non-hydrogen) atoms. The number of rotatable bonds is 11. The molecule has 1 aromatic rings. The fourth-order valence-corrected chi connectivity index (χ4v) is 7.85. The summed E-state index contributed by atoms with van der Waals surface area (Å²) in [6.45, 7) is 2.28. The van der Waals surface area contributed by atoms with Gasteiger partial charge in [-0.3, -0.25) is 0 Å². The maximum Gasteiger partial charge on any atom is 0.573 e. The van der Waals surface area contributed by atoms with E-state index in [0.29, 0.717) is 5.92 Å². The number of benzene rings is 1. The minimum absolute atomic E-state index is 0.245. The first kappa shape index (κ1) is 28.7. The molecule has 3 fully saturated rings. The van der Waals surface area contributed by atoms with Crippen molar-refractivity contribution in [2.45, 2.75) is 135 Å². The number of alkyl halides is 3. The van der Waals surface area contributed by atoms with E-state index in [0.717, 1.165) is 54.6 Å². The molecule has 3 aliphatic carbocycles. The lowest BCUT2D eigenvalue weighted by Crippen LogP contribution is -2.30. The molecule has 1 nitrogen and oxygen atoms in total. The van der Waals surface area contributed by atoms with E-state index in [9.17, 15) is 17.6 Å². The summed E-state index contributed by atoms with van der Waals surface area (Å²) in [6.07, 6.45) is 19.4. The van der Waals surface area contributed by atoms with Crippen LogP contribution in [0.25, 0.3) is 0 Å². The molecule has 5 heteroatoms. The molecule has 3 aliphatic rings. The second kappa shape index (κ2) is 13.7. The molecule has 4 unspecified atom stereocenters. The van der Waals surface area contributed by atoms with Gasteiger partial charge in [-0.2, -0.15) is 0 Å². The first-order valence-electron chi connectivity index (χ1n) is 15.4. The van der Waals surface area contributed by atoms with Crippen LogP contribution in [0.3, 0.4) is 0 Å². The molecule has 1 aromatic carbocycles. The van der Waals surface area contributed by atoms with Gasteiger partial charge in [-0.1, -0.05) is 96.5 Å². The largest absolute Gasteiger partial charge is 0.573 e. The van der Waals surface area contributed by atoms with E-state index in [-0.39, 0.29) is 5.92 Å². The summed E-state index contributed by atoms with van der Waals surface area (Å²) >= 11 is 0. The number of ether oxygens (including phenoxy) is 1. The highest BCUT2D eigenvalue weighted by molar-refractivity contribution is 5.32. The summed E-state index contributed by atoms with van der Waals surface area (Å²) in [4.78, 5) is 0. The zero-order valence-corrected chi connectivity index (χ0v) is 22.8. The molecule has 0 spiro atoms. The van der Waals surface area contributed by atoms with Crippen LogP contribution in [0.4, 0.5) is 17.6 Å². The van der Waals surface area contributed by atoms with Crippen molar-refractivity contribution in [2.24, 2.45) is 29.6 Å². The van der Waals surface area contributed by atoms with Gasteiger partial charge in [-0.15, -0.1) is 13.2 Å². The van der Waals surface area contributed by atoms with E-state index < -0.39 is 17.9 Å². The molecule has 0 heterocycles. The number of unbranched alkanes of at least 4 members (excludes halogenated alkanes) is 4. The summed E-state index contributed by atoms with van der Waals surface area (Å²) < 4.78 is 55.4. The quantitative estimate of drug-likeness (QED) is 0.207. The lowest BCUT2D eigenvalue weighted by Gasteiger charge is -2.43. The second-order valence-electron chi connectivity index (χ2n) is 12.6. The predicted octanol–water partition coefficient (Wildman–Crippen LogP) is 11.0. The van der Waals surface area contributed by atoms with Gasteiger partial charge >= 0.3 is 6.36 Å². The van der Waals surface area contributed by atoms with Crippen molar-refractivity contribution in [3.63, 3.8) is 0 Å². The van der Waals surface area contributed by atoms with E-state index in [4.69, 9.17) is 0 Å². The number of hydrogen-bond acceptors (Lipinski definition) is 1. The molecule has 0 aliphatic heterocycles. The van der Waals surface area contributed by atoms with Crippen LogP contribution in [-0.2, 0) is 0 Å². The first-order valence-corrected chi connectivity index (χ1v) is 15.4. The fraction of sp³-hybridized carbons (Fsp3) is 0.812. The van der Waals surface area contributed by atoms with Gasteiger partial charge in [0.1, 0.15) is 0 Å². The van der Waals surface area contributed by atoms with Gasteiger partial charge in [-0.25, -0.2) is 4.39 Å². The van der Waals surface area contributed by atoms with Crippen molar-refractivity contribution in [3.05, 3.63) is 29.6 Å².